The van der Waals surface area contributed by atoms with E-state index in [2.05, 4.69) is 15.5 Å². The Balaban J connectivity index is 1.11. The number of nitrogens with zero attached hydrogens (tertiary/aromatic N) is 4. The van der Waals surface area contributed by atoms with E-state index in [1.807, 2.05) is 23.6 Å². The van der Waals surface area contributed by atoms with E-state index >= 15 is 0 Å². The van der Waals surface area contributed by atoms with Gasteiger partial charge in [0.05, 0.1) is 40.7 Å². The van der Waals surface area contributed by atoms with Gasteiger partial charge in [0.15, 0.2) is 5.78 Å². The fourth-order valence-electron chi connectivity index (χ4n) is 5.49. The summed E-state index contributed by atoms with van der Waals surface area (Å²) >= 11 is 1.52. The van der Waals surface area contributed by atoms with Gasteiger partial charge >= 0.3 is 5.97 Å². The normalized spacial score (nSPS) is 18.1. The van der Waals surface area contributed by atoms with E-state index in [1.165, 1.54) is 11.3 Å². The number of carboxylic acids is 1. The molecule has 4 aromatic rings. The van der Waals surface area contributed by atoms with E-state index in [0.717, 1.165) is 66.4 Å². The minimum atomic E-state index is -0.937. The van der Waals surface area contributed by atoms with Gasteiger partial charge < -0.3 is 19.1 Å². The maximum absolute atomic E-state index is 11.8. The number of fused-ring (bicyclic) bond motifs is 1. The third kappa shape index (κ3) is 5.65. The summed E-state index contributed by atoms with van der Waals surface area (Å²) in [6.07, 6.45) is 3.10. The summed E-state index contributed by atoms with van der Waals surface area (Å²) in [6, 6.07) is 12.9. The Kier molecular flexibility index (Phi) is 7.64. The lowest BCUT2D eigenvalue weighted by Crippen LogP contribution is -2.35. The maximum atomic E-state index is 11.8. The van der Waals surface area contributed by atoms with Crippen LogP contribution in [0.15, 0.2) is 47.8 Å². The van der Waals surface area contributed by atoms with Gasteiger partial charge in [-0.2, -0.15) is 0 Å². The molecule has 0 radical (unpaired) electrons. The zero-order valence-corrected chi connectivity index (χ0v) is 23.2. The summed E-state index contributed by atoms with van der Waals surface area (Å²) in [5, 5.41) is 11.4. The van der Waals surface area contributed by atoms with Crippen molar-refractivity contribution in [1.29, 1.82) is 0 Å². The lowest BCUT2D eigenvalue weighted by Gasteiger charge is -2.32. The van der Waals surface area contributed by atoms with Crippen LogP contribution in [0.3, 0.4) is 0 Å². The molecule has 1 aromatic carbocycles. The molecule has 0 spiro atoms. The minimum absolute atomic E-state index is 0.0465. The van der Waals surface area contributed by atoms with Crippen LogP contribution in [0.25, 0.3) is 11.0 Å². The molecule has 208 valence electrons. The number of carboxylic acid groups (broad SMARTS) is 1. The highest BCUT2D eigenvalue weighted by Gasteiger charge is 2.26. The van der Waals surface area contributed by atoms with Crippen molar-refractivity contribution >= 4 is 34.1 Å². The summed E-state index contributed by atoms with van der Waals surface area (Å²) in [4.78, 5) is 36.4. The Morgan fingerprint density at radius 2 is 1.95 bits per heavy atom. The number of pyridine rings is 1. The molecule has 2 aliphatic heterocycles. The molecule has 6 rings (SSSR count). The Morgan fingerprint density at radius 3 is 2.67 bits per heavy atom. The van der Waals surface area contributed by atoms with Gasteiger partial charge in [0, 0.05) is 29.8 Å². The minimum Gasteiger partial charge on any atom is -0.478 e. The Labute approximate surface area is 236 Å². The molecule has 10 heteroatoms. The van der Waals surface area contributed by atoms with E-state index in [9.17, 15) is 14.7 Å². The molecule has 0 unspecified atom stereocenters. The predicted octanol–water partition coefficient (Wildman–Crippen LogP) is 5.14. The van der Waals surface area contributed by atoms with E-state index < -0.39 is 5.97 Å². The Morgan fingerprint density at radius 1 is 1.12 bits per heavy atom. The molecule has 2 fully saturated rings. The molecule has 5 heterocycles. The predicted molar refractivity (Wildman–Crippen MR) is 151 cm³/mol. The third-order valence-corrected chi connectivity index (χ3v) is 8.74. The number of ether oxygens (including phenoxy) is 2. The van der Waals surface area contributed by atoms with Gasteiger partial charge in [-0.3, -0.25) is 9.69 Å². The molecule has 0 amide bonds. The number of piperidine rings is 1. The van der Waals surface area contributed by atoms with Crippen LogP contribution in [-0.2, 0) is 24.4 Å². The first-order valence-corrected chi connectivity index (χ1v) is 14.6. The molecule has 9 nitrogen and oxygen atoms in total. The highest BCUT2D eigenvalue weighted by atomic mass is 32.1. The molecule has 1 atom stereocenters. The average Bonchev–Trinajstić information content (AvgIpc) is 3.54. The van der Waals surface area contributed by atoms with E-state index in [0.29, 0.717) is 37.1 Å². The van der Waals surface area contributed by atoms with Gasteiger partial charge in [-0.25, -0.2) is 14.8 Å². The summed E-state index contributed by atoms with van der Waals surface area (Å²) in [6.45, 7) is 5.89. The summed E-state index contributed by atoms with van der Waals surface area (Å²) in [7, 11) is 0. The first-order chi connectivity index (χ1) is 19.4. The largest absolute Gasteiger partial charge is 0.478 e. The topological polar surface area (TPSA) is 107 Å². The smallest absolute Gasteiger partial charge is 0.335 e. The van der Waals surface area contributed by atoms with E-state index in [-0.39, 0.29) is 17.5 Å². The van der Waals surface area contributed by atoms with Crippen LogP contribution in [0.2, 0.25) is 0 Å². The summed E-state index contributed by atoms with van der Waals surface area (Å²) < 4.78 is 13.8. The van der Waals surface area contributed by atoms with Crippen molar-refractivity contribution in [3.8, 4) is 5.88 Å². The molecule has 40 heavy (non-hydrogen) atoms. The number of benzene rings is 1. The average molecular weight is 561 g/mol. The highest BCUT2D eigenvalue weighted by Crippen LogP contribution is 2.30. The maximum Gasteiger partial charge on any atom is 0.335 e. The van der Waals surface area contributed by atoms with Crippen molar-refractivity contribution < 1.29 is 24.2 Å². The fourth-order valence-corrected chi connectivity index (χ4v) is 6.33. The molecule has 0 aliphatic carbocycles. The second-order valence-electron chi connectivity index (χ2n) is 10.5. The lowest BCUT2D eigenvalue weighted by atomic mass is 9.93. The number of hydrogen-bond acceptors (Lipinski definition) is 8. The van der Waals surface area contributed by atoms with Crippen LogP contribution in [0.5, 0.6) is 5.88 Å². The number of likely N-dealkylation sites (tertiary alicyclic amines) is 1. The van der Waals surface area contributed by atoms with Gasteiger partial charge in [-0.15, -0.1) is 11.3 Å². The van der Waals surface area contributed by atoms with Gasteiger partial charge in [0.2, 0.25) is 5.88 Å². The molecule has 0 bridgehead atoms. The van der Waals surface area contributed by atoms with Crippen molar-refractivity contribution in [3.05, 3.63) is 75.4 Å². The number of aromatic nitrogens is 3. The zero-order chi connectivity index (χ0) is 27.6. The first-order valence-electron chi connectivity index (χ1n) is 13.7. The molecule has 2 aliphatic rings. The van der Waals surface area contributed by atoms with Crippen LogP contribution < -0.4 is 4.74 Å². The zero-order valence-electron chi connectivity index (χ0n) is 22.4. The second kappa shape index (κ2) is 11.5. The second-order valence-corrected chi connectivity index (χ2v) is 11.5. The SMILES string of the molecule is CC(=O)c1ccsc1COc1cccc(C2CCN(Cc3nc4ccc(C(=O)O)cc4n3C[C@@H]3CCO3)CC2)n1. The van der Waals surface area contributed by atoms with Crippen molar-refractivity contribution in [1.82, 2.24) is 19.4 Å². The molecule has 2 saturated heterocycles. The van der Waals surface area contributed by atoms with Gasteiger partial charge in [-0.1, -0.05) is 6.07 Å². The van der Waals surface area contributed by atoms with Crippen molar-refractivity contribution in [3.63, 3.8) is 0 Å². The van der Waals surface area contributed by atoms with Gasteiger partial charge in [-0.05, 0) is 75.0 Å². The number of Topliss-reactive ketones (excluding diaryl/α,β-unsaturated/α-hetero) is 1. The number of hydrogen-bond donors (Lipinski definition) is 1. The number of carbonyl (C=O) groups is 2. The lowest BCUT2D eigenvalue weighted by molar-refractivity contribution is -0.0592. The van der Waals surface area contributed by atoms with Crippen molar-refractivity contribution in [2.24, 2.45) is 0 Å². The van der Waals surface area contributed by atoms with E-state index in [1.54, 1.807) is 25.1 Å². The molecular formula is C30H32N4O5S. The quantitative estimate of drug-likeness (QED) is 0.266. The summed E-state index contributed by atoms with van der Waals surface area (Å²) in [5.74, 6) is 0.975. The standard InChI is InChI=1S/C30H32N4O5S/c1-19(35)23-10-14-40-27(23)18-39-29-4-2-3-24(32-29)20-7-11-33(12-8-20)17-28-31-25-6-5-21(30(36)37)15-26(25)34(28)16-22-9-13-38-22/h2-6,10,14-15,20,22H,7-9,11-13,16-18H2,1H3,(H,36,37)/t22-/m0/s1. The Hall–Kier alpha value is -3.60. The van der Waals surface area contributed by atoms with E-state index in [4.69, 9.17) is 19.4 Å². The number of imidazole rings is 1. The van der Waals surface area contributed by atoms with Crippen LogP contribution >= 0.6 is 11.3 Å². The summed E-state index contributed by atoms with van der Waals surface area (Å²) in [5.41, 5.74) is 3.67. The van der Waals surface area contributed by atoms with Crippen molar-refractivity contribution in [2.75, 3.05) is 19.7 Å². The van der Waals surface area contributed by atoms with Crippen LogP contribution in [0.4, 0.5) is 0 Å². The number of carbonyl (C=O) groups excluding carboxylic acids is 1. The first kappa shape index (κ1) is 26.6. The van der Waals surface area contributed by atoms with Crippen LogP contribution in [0.1, 0.15) is 69.2 Å². The highest BCUT2D eigenvalue weighted by molar-refractivity contribution is 7.10. The Bertz CT molecular complexity index is 1530. The van der Waals surface area contributed by atoms with Gasteiger partial charge in [0.25, 0.3) is 0 Å². The molecule has 0 saturated carbocycles. The number of thiophene rings is 1. The molecule has 3 aromatic heterocycles. The molecule has 1 N–H and O–H groups in total. The monoisotopic (exact) mass is 560 g/mol. The van der Waals surface area contributed by atoms with Gasteiger partial charge in [0.1, 0.15) is 12.4 Å². The fraction of sp³-hybridized carbons (Fsp3) is 0.400. The van der Waals surface area contributed by atoms with Crippen molar-refractivity contribution in [2.45, 2.75) is 57.9 Å². The number of rotatable bonds is 10. The third-order valence-electron chi connectivity index (χ3n) is 7.85. The number of ketones is 1. The van der Waals surface area contributed by atoms with Crippen LogP contribution in [-0.4, -0.2) is 62.1 Å². The van der Waals surface area contributed by atoms with Crippen LogP contribution in [0, 0.1) is 0 Å². The molecular weight excluding hydrogens is 528 g/mol. The number of aromatic carboxylic acids is 1.